The number of hydrogen-bond acceptors (Lipinski definition) is 1. The summed E-state index contributed by atoms with van der Waals surface area (Å²) in [6.45, 7) is 5.70. The van der Waals surface area contributed by atoms with Crippen LogP contribution in [0.2, 0.25) is 0 Å². The van der Waals surface area contributed by atoms with E-state index in [4.69, 9.17) is 0 Å². The fourth-order valence-electron chi connectivity index (χ4n) is 0.649. The van der Waals surface area contributed by atoms with Crippen molar-refractivity contribution in [2.45, 2.75) is 6.92 Å². The predicted molar refractivity (Wildman–Crippen MR) is 32.4 cm³/mol. The first kappa shape index (κ1) is 5.35. The molecule has 0 N–H and O–H groups in total. The number of nitrogens with zero attached hydrogens (tertiary/aromatic N) is 2. The van der Waals surface area contributed by atoms with Crippen LogP contribution in [0.25, 0.3) is 0 Å². The van der Waals surface area contributed by atoms with Gasteiger partial charge in [-0.2, -0.15) is 5.10 Å². The number of rotatable bonds is 0. The molecule has 1 aromatic heterocycles. The van der Waals surface area contributed by atoms with Crippen molar-refractivity contribution < 1.29 is 0 Å². The van der Waals surface area contributed by atoms with Gasteiger partial charge in [-0.25, -0.2) is 0 Å². The Morgan fingerprint density at radius 3 is 2.50 bits per heavy atom. The van der Waals surface area contributed by atoms with Crippen LogP contribution in [0.1, 0.15) is 11.3 Å². The summed E-state index contributed by atoms with van der Waals surface area (Å²) in [7, 11) is 1.89. The van der Waals surface area contributed by atoms with Gasteiger partial charge in [0.15, 0.2) is 0 Å². The Morgan fingerprint density at radius 2 is 2.38 bits per heavy atom. The monoisotopic (exact) mass is 109 g/mol. The van der Waals surface area contributed by atoms with Crippen LogP contribution in [0.4, 0.5) is 0 Å². The van der Waals surface area contributed by atoms with Crippen LogP contribution in [0.3, 0.4) is 0 Å². The molecule has 0 saturated heterocycles. The third-order valence-electron chi connectivity index (χ3n) is 1.12. The van der Waals surface area contributed by atoms with Crippen molar-refractivity contribution in [3.05, 3.63) is 24.4 Å². The molecule has 0 bridgehead atoms. The lowest BCUT2D eigenvalue weighted by atomic mass is 10.3. The summed E-state index contributed by atoms with van der Waals surface area (Å²) in [5.41, 5.74) is 2.01. The van der Waals surface area contributed by atoms with Crippen LogP contribution >= 0.6 is 0 Å². The fourth-order valence-corrected chi connectivity index (χ4v) is 0.649. The fraction of sp³-hybridized carbons (Fsp3) is 0.333. The molecule has 43 valence electrons. The van der Waals surface area contributed by atoms with Gasteiger partial charge in [0.25, 0.3) is 0 Å². The molecule has 0 aliphatic heterocycles. The van der Waals surface area contributed by atoms with E-state index in [9.17, 15) is 0 Å². The highest BCUT2D eigenvalue weighted by Gasteiger charge is 1.92. The van der Waals surface area contributed by atoms with Gasteiger partial charge < -0.3 is 0 Å². The SMILES string of the molecule is [CH2]c1cn(C)nc1C. The van der Waals surface area contributed by atoms with E-state index in [1.165, 1.54) is 0 Å². The molecule has 1 heterocycles. The van der Waals surface area contributed by atoms with Crippen LogP contribution in [0, 0.1) is 13.8 Å². The van der Waals surface area contributed by atoms with E-state index in [0.717, 1.165) is 11.3 Å². The molecule has 0 atom stereocenters. The van der Waals surface area contributed by atoms with E-state index in [1.54, 1.807) is 4.68 Å². The van der Waals surface area contributed by atoms with Crippen LogP contribution in [-0.2, 0) is 7.05 Å². The Balaban J connectivity index is 3.14. The van der Waals surface area contributed by atoms with Crippen molar-refractivity contribution in [1.82, 2.24) is 9.78 Å². The zero-order valence-electron chi connectivity index (χ0n) is 5.18. The minimum absolute atomic E-state index is 1.01. The van der Waals surface area contributed by atoms with Gasteiger partial charge in [0.05, 0.1) is 5.69 Å². The number of hydrogen-bond donors (Lipinski definition) is 0. The molecule has 0 saturated carbocycles. The van der Waals surface area contributed by atoms with E-state index in [0.29, 0.717) is 0 Å². The summed E-state index contributed by atoms with van der Waals surface area (Å²) >= 11 is 0. The topological polar surface area (TPSA) is 17.8 Å². The molecule has 2 nitrogen and oxygen atoms in total. The lowest BCUT2D eigenvalue weighted by molar-refractivity contribution is 0.756. The Hall–Kier alpha value is -0.790. The predicted octanol–water partition coefficient (Wildman–Crippen LogP) is 0.911. The molecule has 0 spiro atoms. The maximum atomic E-state index is 4.06. The standard InChI is InChI=1S/C6H9N2/c1-5-4-8(3)7-6(5)2/h4H,1H2,2-3H3. The molecule has 1 aromatic rings. The van der Waals surface area contributed by atoms with Gasteiger partial charge in [-0.05, 0) is 19.4 Å². The average molecular weight is 109 g/mol. The summed E-state index contributed by atoms with van der Waals surface area (Å²) in [4.78, 5) is 0. The molecular weight excluding hydrogens is 100 g/mol. The van der Waals surface area contributed by atoms with Gasteiger partial charge >= 0.3 is 0 Å². The Morgan fingerprint density at radius 1 is 1.75 bits per heavy atom. The number of aryl methyl sites for hydroxylation is 2. The summed E-state index contributed by atoms with van der Waals surface area (Å²) in [6.07, 6.45) is 1.90. The molecule has 0 fully saturated rings. The van der Waals surface area contributed by atoms with Gasteiger partial charge in [-0.15, -0.1) is 0 Å². The van der Waals surface area contributed by atoms with E-state index in [2.05, 4.69) is 12.0 Å². The second kappa shape index (κ2) is 1.62. The van der Waals surface area contributed by atoms with Crippen LogP contribution in [0.5, 0.6) is 0 Å². The smallest absolute Gasteiger partial charge is 0.0625 e. The first-order valence-electron chi connectivity index (χ1n) is 2.52. The third kappa shape index (κ3) is 0.735. The first-order valence-corrected chi connectivity index (χ1v) is 2.52. The van der Waals surface area contributed by atoms with Crippen molar-refractivity contribution >= 4 is 0 Å². The highest BCUT2D eigenvalue weighted by molar-refractivity contribution is 5.17. The van der Waals surface area contributed by atoms with E-state index < -0.39 is 0 Å². The molecule has 0 amide bonds. The van der Waals surface area contributed by atoms with Gasteiger partial charge in [0, 0.05) is 13.2 Å². The first-order chi connectivity index (χ1) is 3.70. The molecule has 0 aliphatic carbocycles. The van der Waals surface area contributed by atoms with E-state index in [1.807, 2.05) is 20.2 Å². The zero-order valence-corrected chi connectivity index (χ0v) is 5.18. The Labute approximate surface area is 49.1 Å². The van der Waals surface area contributed by atoms with Gasteiger partial charge in [0.1, 0.15) is 0 Å². The maximum absolute atomic E-state index is 4.06. The molecule has 1 radical (unpaired) electrons. The lowest BCUT2D eigenvalue weighted by Gasteiger charge is -1.79. The van der Waals surface area contributed by atoms with Gasteiger partial charge in [-0.3, -0.25) is 4.68 Å². The zero-order chi connectivity index (χ0) is 6.15. The van der Waals surface area contributed by atoms with Crippen LogP contribution in [0.15, 0.2) is 6.20 Å². The second-order valence-corrected chi connectivity index (χ2v) is 1.91. The summed E-state index contributed by atoms with van der Waals surface area (Å²) in [5, 5.41) is 4.06. The highest BCUT2D eigenvalue weighted by atomic mass is 15.2. The van der Waals surface area contributed by atoms with Crippen molar-refractivity contribution in [2.24, 2.45) is 7.05 Å². The second-order valence-electron chi connectivity index (χ2n) is 1.91. The molecule has 8 heavy (non-hydrogen) atoms. The number of aromatic nitrogens is 2. The van der Waals surface area contributed by atoms with Crippen molar-refractivity contribution in [3.8, 4) is 0 Å². The summed E-state index contributed by atoms with van der Waals surface area (Å²) < 4.78 is 1.76. The molecule has 2 heteroatoms. The largest absolute Gasteiger partial charge is 0.275 e. The van der Waals surface area contributed by atoms with Gasteiger partial charge in [-0.1, -0.05) is 0 Å². The lowest BCUT2D eigenvalue weighted by Crippen LogP contribution is -1.86. The van der Waals surface area contributed by atoms with Gasteiger partial charge in [0.2, 0.25) is 0 Å². The van der Waals surface area contributed by atoms with Crippen molar-refractivity contribution in [2.75, 3.05) is 0 Å². The molecule has 0 aromatic carbocycles. The molecule has 0 aliphatic rings. The molecule has 0 unspecified atom stereocenters. The average Bonchev–Trinajstić information content (AvgIpc) is 1.85. The summed E-state index contributed by atoms with van der Waals surface area (Å²) in [5.74, 6) is 0. The molecule has 1 rings (SSSR count). The quantitative estimate of drug-likeness (QED) is 0.484. The van der Waals surface area contributed by atoms with Crippen molar-refractivity contribution in [3.63, 3.8) is 0 Å². The minimum atomic E-state index is 1.01. The molecular formula is C6H9N2. The van der Waals surface area contributed by atoms with Crippen LogP contribution < -0.4 is 0 Å². The Bertz CT molecular complexity index is 169. The van der Waals surface area contributed by atoms with E-state index in [-0.39, 0.29) is 0 Å². The maximum Gasteiger partial charge on any atom is 0.0625 e. The third-order valence-corrected chi connectivity index (χ3v) is 1.12. The van der Waals surface area contributed by atoms with Crippen molar-refractivity contribution in [1.29, 1.82) is 0 Å². The summed E-state index contributed by atoms with van der Waals surface area (Å²) in [6, 6.07) is 0. The van der Waals surface area contributed by atoms with E-state index >= 15 is 0 Å². The minimum Gasteiger partial charge on any atom is -0.275 e. The normalized spacial score (nSPS) is 9.88. The van der Waals surface area contributed by atoms with Crippen LogP contribution in [-0.4, -0.2) is 9.78 Å². The Kier molecular flexibility index (Phi) is 1.08. The highest BCUT2D eigenvalue weighted by Crippen LogP contribution is 1.99.